The first-order valence-electron chi connectivity index (χ1n) is 5.88. The van der Waals surface area contributed by atoms with Crippen LogP contribution in [0, 0.1) is 5.92 Å². The number of rotatable bonds is 5. The molecule has 0 spiro atoms. The fourth-order valence-corrected chi connectivity index (χ4v) is 1.39. The SMILES string of the molecule is CNC(CNC(=O)OC(C)(C)C)CC(C)C. The first-order valence-corrected chi connectivity index (χ1v) is 5.88. The average molecular weight is 230 g/mol. The summed E-state index contributed by atoms with van der Waals surface area (Å²) in [6.45, 7) is 10.5. The monoisotopic (exact) mass is 230 g/mol. The van der Waals surface area contributed by atoms with E-state index >= 15 is 0 Å². The molecule has 0 aromatic heterocycles. The van der Waals surface area contributed by atoms with E-state index in [2.05, 4.69) is 24.5 Å². The molecule has 4 nitrogen and oxygen atoms in total. The van der Waals surface area contributed by atoms with Crippen molar-refractivity contribution >= 4 is 6.09 Å². The van der Waals surface area contributed by atoms with Crippen molar-refractivity contribution in [2.75, 3.05) is 13.6 Å². The number of nitrogens with one attached hydrogen (secondary N) is 2. The highest BCUT2D eigenvalue weighted by atomic mass is 16.6. The fraction of sp³-hybridized carbons (Fsp3) is 0.917. The number of alkyl carbamates (subject to hydrolysis) is 1. The molecule has 0 radical (unpaired) electrons. The second-order valence-electron chi connectivity index (χ2n) is 5.50. The second kappa shape index (κ2) is 6.74. The molecule has 0 fully saturated rings. The van der Waals surface area contributed by atoms with E-state index in [0.29, 0.717) is 18.5 Å². The van der Waals surface area contributed by atoms with E-state index in [-0.39, 0.29) is 6.09 Å². The summed E-state index contributed by atoms with van der Waals surface area (Å²) in [6.07, 6.45) is 0.684. The molecule has 0 bridgehead atoms. The Labute approximate surface area is 99.1 Å². The molecule has 0 rings (SSSR count). The van der Waals surface area contributed by atoms with Gasteiger partial charge in [0.25, 0.3) is 0 Å². The van der Waals surface area contributed by atoms with Crippen molar-refractivity contribution in [3.05, 3.63) is 0 Å². The zero-order chi connectivity index (χ0) is 12.8. The predicted molar refractivity (Wildman–Crippen MR) is 66.5 cm³/mol. The maximum atomic E-state index is 11.4. The van der Waals surface area contributed by atoms with Gasteiger partial charge in [-0.15, -0.1) is 0 Å². The van der Waals surface area contributed by atoms with Gasteiger partial charge in [-0.05, 0) is 40.2 Å². The van der Waals surface area contributed by atoms with Crippen molar-refractivity contribution in [1.29, 1.82) is 0 Å². The van der Waals surface area contributed by atoms with E-state index in [1.807, 2.05) is 27.8 Å². The van der Waals surface area contributed by atoms with E-state index in [4.69, 9.17) is 4.74 Å². The van der Waals surface area contributed by atoms with Crippen molar-refractivity contribution < 1.29 is 9.53 Å². The van der Waals surface area contributed by atoms with Crippen molar-refractivity contribution in [2.45, 2.75) is 52.7 Å². The maximum Gasteiger partial charge on any atom is 0.407 e. The van der Waals surface area contributed by atoms with E-state index < -0.39 is 5.60 Å². The Balaban J connectivity index is 3.88. The predicted octanol–water partition coefficient (Wildman–Crippen LogP) is 2.15. The van der Waals surface area contributed by atoms with E-state index in [1.54, 1.807) is 0 Å². The summed E-state index contributed by atoms with van der Waals surface area (Å²) in [6, 6.07) is 0.299. The third-order valence-corrected chi connectivity index (χ3v) is 2.06. The molecule has 1 amide bonds. The van der Waals surface area contributed by atoms with E-state index in [9.17, 15) is 4.79 Å². The number of hydrogen-bond donors (Lipinski definition) is 2. The molecule has 2 N–H and O–H groups in total. The zero-order valence-corrected chi connectivity index (χ0v) is 11.4. The lowest BCUT2D eigenvalue weighted by atomic mass is 10.0. The first-order chi connectivity index (χ1) is 7.24. The molecule has 0 saturated heterocycles. The van der Waals surface area contributed by atoms with E-state index in [0.717, 1.165) is 6.42 Å². The lowest BCUT2D eigenvalue weighted by molar-refractivity contribution is 0.0521. The maximum absolute atomic E-state index is 11.4. The van der Waals surface area contributed by atoms with Crippen LogP contribution >= 0.6 is 0 Å². The second-order valence-corrected chi connectivity index (χ2v) is 5.50. The third kappa shape index (κ3) is 8.53. The molecule has 4 heteroatoms. The lowest BCUT2D eigenvalue weighted by Crippen LogP contribution is -2.42. The summed E-state index contributed by atoms with van der Waals surface area (Å²) in [4.78, 5) is 11.4. The molecule has 1 atom stereocenters. The van der Waals surface area contributed by atoms with Crippen molar-refractivity contribution in [2.24, 2.45) is 5.92 Å². The molecule has 96 valence electrons. The molecule has 0 heterocycles. The molecular formula is C12H26N2O2. The Morgan fingerprint density at radius 3 is 2.25 bits per heavy atom. The molecule has 0 saturated carbocycles. The minimum Gasteiger partial charge on any atom is -0.444 e. The Morgan fingerprint density at radius 1 is 1.31 bits per heavy atom. The Bertz CT molecular complexity index is 210. The van der Waals surface area contributed by atoms with E-state index in [1.165, 1.54) is 0 Å². The van der Waals surface area contributed by atoms with Crippen LogP contribution in [0.15, 0.2) is 0 Å². The van der Waals surface area contributed by atoms with Crippen LogP contribution in [0.4, 0.5) is 4.79 Å². The standard InChI is InChI=1S/C12H26N2O2/c1-9(2)7-10(13-6)8-14-11(15)16-12(3,4)5/h9-10,13H,7-8H2,1-6H3,(H,14,15). The van der Waals surface area contributed by atoms with Gasteiger partial charge in [0.1, 0.15) is 5.60 Å². The van der Waals surface area contributed by atoms with Crippen LogP contribution in [-0.2, 0) is 4.74 Å². The molecule has 1 unspecified atom stereocenters. The van der Waals surface area contributed by atoms with Crippen molar-refractivity contribution in [1.82, 2.24) is 10.6 Å². The molecule has 0 aliphatic carbocycles. The van der Waals surface area contributed by atoms with Gasteiger partial charge in [0, 0.05) is 12.6 Å². The van der Waals surface area contributed by atoms with Crippen LogP contribution in [0.1, 0.15) is 41.0 Å². The van der Waals surface area contributed by atoms with Crippen LogP contribution in [0.3, 0.4) is 0 Å². The van der Waals surface area contributed by atoms with Gasteiger partial charge >= 0.3 is 6.09 Å². The molecule has 0 aromatic rings. The fourth-order valence-electron chi connectivity index (χ4n) is 1.39. The van der Waals surface area contributed by atoms with Crippen LogP contribution in [0.5, 0.6) is 0 Å². The van der Waals surface area contributed by atoms with Crippen molar-refractivity contribution in [3.8, 4) is 0 Å². The highest BCUT2D eigenvalue weighted by molar-refractivity contribution is 5.67. The average Bonchev–Trinajstić information content (AvgIpc) is 2.08. The van der Waals surface area contributed by atoms with Gasteiger partial charge in [-0.1, -0.05) is 13.8 Å². The minimum absolute atomic E-state index is 0.299. The Kier molecular flexibility index (Phi) is 6.41. The normalized spacial score (nSPS) is 13.7. The number of carbonyl (C=O) groups is 1. The van der Waals surface area contributed by atoms with Crippen LogP contribution in [-0.4, -0.2) is 31.3 Å². The summed E-state index contributed by atoms with van der Waals surface area (Å²) in [5.74, 6) is 0.609. The molecular weight excluding hydrogens is 204 g/mol. The Morgan fingerprint density at radius 2 is 1.88 bits per heavy atom. The number of amides is 1. The molecule has 0 aliphatic rings. The zero-order valence-electron chi connectivity index (χ0n) is 11.4. The highest BCUT2D eigenvalue weighted by Crippen LogP contribution is 2.07. The van der Waals surface area contributed by atoms with Gasteiger partial charge in [-0.3, -0.25) is 0 Å². The van der Waals surface area contributed by atoms with Crippen LogP contribution < -0.4 is 10.6 Å². The summed E-state index contributed by atoms with van der Waals surface area (Å²) < 4.78 is 5.16. The summed E-state index contributed by atoms with van der Waals surface area (Å²) in [5, 5.41) is 5.95. The third-order valence-electron chi connectivity index (χ3n) is 2.06. The molecule has 16 heavy (non-hydrogen) atoms. The number of ether oxygens (including phenoxy) is 1. The van der Waals surface area contributed by atoms with Crippen LogP contribution in [0.2, 0.25) is 0 Å². The summed E-state index contributed by atoms with van der Waals surface area (Å²) in [5.41, 5.74) is -0.433. The van der Waals surface area contributed by atoms with Crippen molar-refractivity contribution in [3.63, 3.8) is 0 Å². The minimum atomic E-state index is -0.433. The highest BCUT2D eigenvalue weighted by Gasteiger charge is 2.17. The van der Waals surface area contributed by atoms with Gasteiger partial charge in [0.2, 0.25) is 0 Å². The number of hydrogen-bond acceptors (Lipinski definition) is 3. The number of likely N-dealkylation sites (N-methyl/N-ethyl adjacent to an activating group) is 1. The van der Waals surface area contributed by atoms with Gasteiger partial charge < -0.3 is 15.4 Å². The van der Waals surface area contributed by atoms with Gasteiger partial charge in [-0.2, -0.15) is 0 Å². The van der Waals surface area contributed by atoms with Gasteiger partial charge in [0.05, 0.1) is 0 Å². The molecule has 0 aromatic carbocycles. The quantitative estimate of drug-likeness (QED) is 0.761. The topological polar surface area (TPSA) is 50.4 Å². The van der Waals surface area contributed by atoms with Gasteiger partial charge in [-0.25, -0.2) is 4.79 Å². The first kappa shape index (κ1) is 15.2. The molecule has 0 aliphatic heterocycles. The lowest BCUT2D eigenvalue weighted by Gasteiger charge is -2.22. The van der Waals surface area contributed by atoms with Gasteiger partial charge in [0.15, 0.2) is 0 Å². The largest absolute Gasteiger partial charge is 0.444 e. The smallest absolute Gasteiger partial charge is 0.407 e. The summed E-state index contributed by atoms with van der Waals surface area (Å²) in [7, 11) is 1.91. The Hall–Kier alpha value is -0.770. The number of carbonyl (C=O) groups excluding carboxylic acids is 1. The summed E-state index contributed by atoms with van der Waals surface area (Å²) >= 11 is 0. The van der Waals surface area contributed by atoms with Crippen LogP contribution in [0.25, 0.3) is 0 Å².